The van der Waals surface area contributed by atoms with E-state index >= 15 is 0 Å². The molecule has 0 radical (unpaired) electrons. The molecule has 0 saturated carbocycles. The zero-order valence-corrected chi connectivity index (χ0v) is 12.9. The molecule has 6 heteroatoms. The normalized spacial score (nSPS) is 14.2. The SMILES string of the molecule is COc1cc2c(cc1CN(C)[C@@H](C)c1ccncn1)OCO2. The number of hydrogen-bond donors (Lipinski definition) is 0. The van der Waals surface area contributed by atoms with E-state index in [9.17, 15) is 0 Å². The molecule has 1 aromatic heterocycles. The van der Waals surface area contributed by atoms with Gasteiger partial charge in [-0.05, 0) is 26.1 Å². The predicted molar refractivity (Wildman–Crippen MR) is 81.0 cm³/mol. The number of nitrogens with zero attached hydrogens (tertiary/aromatic N) is 3. The first kappa shape index (κ1) is 14.6. The molecule has 0 saturated heterocycles. The summed E-state index contributed by atoms with van der Waals surface area (Å²) in [6.07, 6.45) is 3.33. The fourth-order valence-corrected chi connectivity index (χ4v) is 2.46. The molecule has 0 spiro atoms. The first-order valence-corrected chi connectivity index (χ1v) is 7.11. The molecule has 0 bridgehead atoms. The topological polar surface area (TPSA) is 56.7 Å². The lowest BCUT2D eigenvalue weighted by molar-refractivity contribution is 0.173. The van der Waals surface area contributed by atoms with Crippen LogP contribution >= 0.6 is 0 Å². The Morgan fingerprint density at radius 1 is 1.32 bits per heavy atom. The predicted octanol–water partition coefficient (Wildman–Crippen LogP) is 2.41. The summed E-state index contributed by atoms with van der Waals surface area (Å²) in [5, 5.41) is 0. The van der Waals surface area contributed by atoms with Gasteiger partial charge in [-0.25, -0.2) is 9.97 Å². The van der Waals surface area contributed by atoms with Crippen molar-refractivity contribution in [3.8, 4) is 17.2 Å². The van der Waals surface area contributed by atoms with Crippen LogP contribution in [0.5, 0.6) is 17.2 Å². The van der Waals surface area contributed by atoms with Crippen LogP contribution in [0.1, 0.15) is 24.2 Å². The molecule has 0 amide bonds. The lowest BCUT2D eigenvalue weighted by Gasteiger charge is -2.25. The summed E-state index contributed by atoms with van der Waals surface area (Å²) in [6, 6.07) is 5.95. The highest BCUT2D eigenvalue weighted by Crippen LogP contribution is 2.38. The Labute approximate surface area is 129 Å². The summed E-state index contributed by atoms with van der Waals surface area (Å²) in [5.74, 6) is 2.29. The lowest BCUT2D eigenvalue weighted by atomic mass is 10.1. The molecular weight excluding hydrogens is 282 g/mol. The summed E-state index contributed by atoms with van der Waals surface area (Å²) < 4.78 is 16.3. The second-order valence-electron chi connectivity index (χ2n) is 5.24. The van der Waals surface area contributed by atoms with Crippen molar-refractivity contribution in [2.45, 2.75) is 19.5 Å². The van der Waals surface area contributed by atoms with Gasteiger partial charge in [0.2, 0.25) is 6.79 Å². The van der Waals surface area contributed by atoms with Crippen molar-refractivity contribution in [2.75, 3.05) is 21.0 Å². The number of fused-ring (bicyclic) bond motifs is 1. The number of methoxy groups -OCH3 is 1. The molecule has 1 aromatic carbocycles. The third-order valence-electron chi connectivity index (χ3n) is 3.89. The van der Waals surface area contributed by atoms with E-state index in [1.807, 2.05) is 18.2 Å². The Morgan fingerprint density at radius 3 is 2.77 bits per heavy atom. The van der Waals surface area contributed by atoms with Gasteiger partial charge in [0, 0.05) is 30.4 Å². The largest absolute Gasteiger partial charge is 0.496 e. The Bertz CT molecular complexity index is 649. The van der Waals surface area contributed by atoms with E-state index in [2.05, 4.69) is 28.8 Å². The maximum Gasteiger partial charge on any atom is 0.231 e. The zero-order valence-electron chi connectivity index (χ0n) is 12.9. The molecular formula is C16H19N3O3. The number of hydrogen-bond acceptors (Lipinski definition) is 6. The van der Waals surface area contributed by atoms with E-state index in [4.69, 9.17) is 14.2 Å². The van der Waals surface area contributed by atoms with Gasteiger partial charge in [0.1, 0.15) is 12.1 Å². The molecule has 22 heavy (non-hydrogen) atoms. The minimum absolute atomic E-state index is 0.165. The monoisotopic (exact) mass is 301 g/mol. The summed E-state index contributed by atoms with van der Waals surface area (Å²) in [7, 11) is 3.71. The smallest absolute Gasteiger partial charge is 0.231 e. The molecule has 3 rings (SSSR count). The van der Waals surface area contributed by atoms with Crippen LogP contribution in [0, 0.1) is 0 Å². The van der Waals surface area contributed by atoms with Crippen LogP contribution < -0.4 is 14.2 Å². The van der Waals surface area contributed by atoms with Crippen LogP contribution in [-0.4, -0.2) is 35.8 Å². The number of rotatable bonds is 5. The summed E-state index contributed by atoms with van der Waals surface area (Å²) in [5.41, 5.74) is 2.03. The van der Waals surface area contributed by atoms with Crippen LogP contribution in [0.15, 0.2) is 30.7 Å². The average Bonchev–Trinajstić information content (AvgIpc) is 3.01. The fourth-order valence-electron chi connectivity index (χ4n) is 2.46. The Balaban J connectivity index is 1.80. The van der Waals surface area contributed by atoms with Gasteiger partial charge in [0.05, 0.1) is 12.8 Å². The first-order valence-electron chi connectivity index (χ1n) is 7.11. The molecule has 0 fully saturated rings. The molecule has 0 aliphatic carbocycles. The number of ether oxygens (including phenoxy) is 3. The van der Waals surface area contributed by atoms with Crippen molar-refractivity contribution in [3.05, 3.63) is 42.0 Å². The molecule has 0 unspecified atom stereocenters. The van der Waals surface area contributed by atoms with Crippen molar-refractivity contribution >= 4 is 0 Å². The first-order chi connectivity index (χ1) is 10.7. The van der Waals surface area contributed by atoms with Crippen molar-refractivity contribution in [3.63, 3.8) is 0 Å². The second kappa shape index (κ2) is 6.19. The van der Waals surface area contributed by atoms with Crippen LogP contribution in [0.4, 0.5) is 0 Å². The molecule has 1 aliphatic rings. The van der Waals surface area contributed by atoms with Gasteiger partial charge in [-0.1, -0.05) is 0 Å². The zero-order chi connectivity index (χ0) is 15.5. The summed E-state index contributed by atoms with van der Waals surface area (Å²) in [4.78, 5) is 10.5. The Hall–Kier alpha value is -2.34. The van der Waals surface area contributed by atoms with Crippen molar-refractivity contribution in [1.82, 2.24) is 14.9 Å². The van der Waals surface area contributed by atoms with E-state index in [0.717, 1.165) is 28.5 Å². The molecule has 116 valence electrons. The third-order valence-corrected chi connectivity index (χ3v) is 3.89. The minimum Gasteiger partial charge on any atom is -0.496 e. The minimum atomic E-state index is 0.165. The van der Waals surface area contributed by atoms with Gasteiger partial charge in [-0.15, -0.1) is 0 Å². The number of aromatic nitrogens is 2. The highest BCUT2D eigenvalue weighted by molar-refractivity contribution is 5.51. The van der Waals surface area contributed by atoms with Gasteiger partial charge in [0.25, 0.3) is 0 Å². The van der Waals surface area contributed by atoms with E-state index in [1.54, 1.807) is 19.6 Å². The van der Waals surface area contributed by atoms with Crippen LogP contribution in [0.2, 0.25) is 0 Å². The average molecular weight is 301 g/mol. The molecule has 2 aromatic rings. The van der Waals surface area contributed by atoms with E-state index < -0.39 is 0 Å². The van der Waals surface area contributed by atoms with E-state index in [0.29, 0.717) is 6.54 Å². The van der Waals surface area contributed by atoms with Crippen molar-refractivity contribution < 1.29 is 14.2 Å². The van der Waals surface area contributed by atoms with Gasteiger partial charge in [-0.2, -0.15) is 0 Å². The standard InChI is InChI=1S/C16H19N3O3/c1-11(13-4-5-17-9-18-13)19(2)8-12-6-15-16(22-10-21-15)7-14(12)20-3/h4-7,9,11H,8,10H2,1-3H3/t11-/m0/s1. The van der Waals surface area contributed by atoms with Crippen LogP contribution in [-0.2, 0) is 6.54 Å². The second-order valence-corrected chi connectivity index (χ2v) is 5.24. The fraction of sp³-hybridized carbons (Fsp3) is 0.375. The summed E-state index contributed by atoms with van der Waals surface area (Å²) >= 11 is 0. The third kappa shape index (κ3) is 2.82. The molecule has 6 nitrogen and oxygen atoms in total. The molecule has 1 atom stereocenters. The van der Waals surface area contributed by atoms with Crippen LogP contribution in [0.25, 0.3) is 0 Å². The molecule has 0 N–H and O–H groups in total. The van der Waals surface area contributed by atoms with Crippen molar-refractivity contribution in [1.29, 1.82) is 0 Å². The van der Waals surface area contributed by atoms with Gasteiger partial charge < -0.3 is 14.2 Å². The maximum absolute atomic E-state index is 5.47. The highest BCUT2D eigenvalue weighted by Gasteiger charge is 2.20. The lowest BCUT2D eigenvalue weighted by Crippen LogP contribution is -2.23. The summed E-state index contributed by atoms with van der Waals surface area (Å²) in [6.45, 7) is 3.09. The van der Waals surface area contributed by atoms with Crippen LogP contribution in [0.3, 0.4) is 0 Å². The quantitative estimate of drug-likeness (QED) is 0.845. The van der Waals surface area contributed by atoms with Crippen molar-refractivity contribution in [2.24, 2.45) is 0 Å². The Kier molecular flexibility index (Phi) is 4.11. The van der Waals surface area contributed by atoms with Gasteiger partial charge in [-0.3, -0.25) is 4.90 Å². The molecule has 2 heterocycles. The number of benzene rings is 1. The molecule has 1 aliphatic heterocycles. The Morgan fingerprint density at radius 2 is 2.09 bits per heavy atom. The van der Waals surface area contributed by atoms with E-state index in [-0.39, 0.29) is 12.8 Å². The van der Waals surface area contributed by atoms with Gasteiger partial charge in [0.15, 0.2) is 11.5 Å². The maximum atomic E-state index is 5.47. The van der Waals surface area contributed by atoms with E-state index in [1.165, 1.54) is 0 Å². The van der Waals surface area contributed by atoms with Gasteiger partial charge >= 0.3 is 0 Å². The highest BCUT2D eigenvalue weighted by atomic mass is 16.7.